The number of imide groups is 1. The van der Waals surface area contributed by atoms with Gasteiger partial charge in [0.05, 0.1) is 5.25 Å². The summed E-state index contributed by atoms with van der Waals surface area (Å²) in [5.41, 5.74) is 2.21. The maximum Gasteiger partial charge on any atom is 0.286 e. The molecule has 1 aliphatic heterocycles. The summed E-state index contributed by atoms with van der Waals surface area (Å²) in [6, 6.07) is 14.3. The molecule has 1 fully saturated rings. The van der Waals surface area contributed by atoms with Crippen LogP contribution in [0.15, 0.2) is 52.9 Å². The molecular formula is C19H14ClNO4S. The first-order valence-corrected chi connectivity index (χ1v) is 9.23. The first-order chi connectivity index (χ1) is 12.5. The number of halogens is 1. The molecule has 0 spiro atoms. The van der Waals surface area contributed by atoms with Crippen molar-refractivity contribution in [2.75, 3.05) is 0 Å². The number of nitrogens with one attached hydrogen (secondary N) is 1. The number of carbonyl (C=O) groups excluding carboxylic acids is 2. The third-order valence-corrected chi connectivity index (χ3v) is 5.44. The van der Waals surface area contributed by atoms with Crippen molar-refractivity contribution >= 4 is 45.5 Å². The van der Waals surface area contributed by atoms with Crippen molar-refractivity contribution < 1.29 is 19.1 Å². The monoisotopic (exact) mass is 387 g/mol. The van der Waals surface area contributed by atoms with Gasteiger partial charge in [0.1, 0.15) is 17.4 Å². The molecule has 4 rings (SSSR count). The Morgan fingerprint density at radius 3 is 2.77 bits per heavy atom. The van der Waals surface area contributed by atoms with E-state index in [1.807, 2.05) is 12.1 Å². The van der Waals surface area contributed by atoms with Crippen LogP contribution >= 0.6 is 23.4 Å². The van der Waals surface area contributed by atoms with Gasteiger partial charge in [0.15, 0.2) is 0 Å². The number of fused-ring (bicyclic) bond motifs is 1. The van der Waals surface area contributed by atoms with E-state index in [-0.39, 0.29) is 11.1 Å². The topological polar surface area (TPSA) is 79.5 Å². The highest BCUT2D eigenvalue weighted by Gasteiger charge is 2.31. The minimum atomic E-state index is -0.918. The zero-order chi connectivity index (χ0) is 18.3. The van der Waals surface area contributed by atoms with Gasteiger partial charge >= 0.3 is 0 Å². The normalized spacial score (nSPS) is 18.3. The molecule has 1 saturated heterocycles. The SMILES string of the molecule is O=C1NC(=O)C(Cc2ccc3oc(C(O)c4cccc(Cl)c4)cc3c2)S1. The van der Waals surface area contributed by atoms with E-state index in [1.54, 1.807) is 36.4 Å². The highest BCUT2D eigenvalue weighted by atomic mass is 35.5. The Bertz CT molecular complexity index is 1020. The molecule has 5 nitrogen and oxygen atoms in total. The summed E-state index contributed by atoms with van der Waals surface area (Å²) in [5, 5.41) is 13.5. The molecular weight excluding hydrogens is 374 g/mol. The zero-order valence-electron chi connectivity index (χ0n) is 13.4. The van der Waals surface area contributed by atoms with Gasteiger partial charge in [0.25, 0.3) is 5.24 Å². The molecule has 2 aromatic carbocycles. The first kappa shape index (κ1) is 17.1. The van der Waals surface area contributed by atoms with E-state index in [0.29, 0.717) is 28.4 Å². The van der Waals surface area contributed by atoms with E-state index in [4.69, 9.17) is 16.0 Å². The second kappa shape index (κ2) is 6.79. The summed E-state index contributed by atoms with van der Waals surface area (Å²) >= 11 is 6.99. The van der Waals surface area contributed by atoms with Crippen LogP contribution in [0.4, 0.5) is 4.79 Å². The number of aliphatic hydroxyl groups is 1. The molecule has 3 aromatic rings. The van der Waals surface area contributed by atoms with E-state index >= 15 is 0 Å². The summed E-state index contributed by atoms with van der Waals surface area (Å²) in [4.78, 5) is 23.0. The molecule has 132 valence electrons. The van der Waals surface area contributed by atoms with Crippen LogP contribution in [0, 0.1) is 0 Å². The van der Waals surface area contributed by atoms with Crippen molar-refractivity contribution in [2.45, 2.75) is 17.8 Å². The average Bonchev–Trinajstić information content (AvgIpc) is 3.16. The Kier molecular flexibility index (Phi) is 4.48. The number of furan rings is 1. The molecule has 7 heteroatoms. The average molecular weight is 388 g/mol. The third kappa shape index (κ3) is 3.35. The second-order valence-corrected chi connectivity index (χ2v) is 7.68. The van der Waals surface area contributed by atoms with E-state index in [2.05, 4.69) is 5.32 Å². The fourth-order valence-corrected chi connectivity index (χ4v) is 4.02. The van der Waals surface area contributed by atoms with Crippen molar-refractivity contribution in [3.05, 3.63) is 70.4 Å². The number of aliphatic hydroxyl groups excluding tert-OH is 1. The van der Waals surface area contributed by atoms with Gasteiger partial charge in [-0.05, 0) is 47.9 Å². The first-order valence-electron chi connectivity index (χ1n) is 7.97. The van der Waals surface area contributed by atoms with Crippen LogP contribution in [0.2, 0.25) is 5.02 Å². The molecule has 0 bridgehead atoms. The van der Waals surface area contributed by atoms with Crippen molar-refractivity contribution in [1.29, 1.82) is 0 Å². The van der Waals surface area contributed by atoms with Crippen molar-refractivity contribution in [3.63, 3.8) is 0 Å². The van der Waals surface area contributed by atoms with Gasteiger partial charge < -0.3 is 9.52 Å². The lowest BCUT2D eigenvalue weighted by atomic mass is 10.1. The number of hydrogen-bond donors (Lipinski definition) is 2. The van der Waals surface area contributed by atoms with Gasteiger partial charge in [-0.2, -0.15) is 0 Å². The Morgan fingerprint density at radius 1 is 1.19 bits per heavy atom. The highest BCUT2D eigenvalue weighted by molar-refractivity contribution is 8.15. The van der Waals surface area contributed by atoms with E-state index in [9.17, 15) is 14.7 Å². The van der Waals surface area contributed by atoms with Crippen LogP contribution in [0.5, 0.6) is 0 Å². The van der Waals surface area contributed by atoms with Crippen LogP contribution < -0.4 is 5.32 Å². The lowest BCUT2D eigenvalue weighted by molar-refractivity contribution is -0.118. The lowest BCUT2D eigenvalue weighted by Gasteiger charge is -2.07. The quantitative estimate of drug-likeness (QED) is 0.705. The molecule has 26 heavy (non-hydrogen) atoms. The number of amides is 2. The van der Waals surface area contributed by atoms with Crippen LogP contribution in [-0.4, -0.2) is 21.5 Å². The van der Waals surface area contributed by atoms with Crippen LogP contribution in [-0.2, 0) is 11.2 Å². The molecule has 2 amide bonds. The number of rotatable bonds is 4. The van der Waals surface area contributed by atoms with Crippen LogP contribution in [0.1, 0.15) is 23.0 Å². The molecule has 0 radical (unpaired) electrons. The van der Waals surface area contributed by atoms with Crippen LogP contribution in [0.25, 0.3) is 11.0 Å². The summed E-state index contributed by atoms with van der Waals surface area (Å²) in [7, 11) is 0. The number of hydrogen-bond acceptors (Lipinski definition) is 5. The molecule has 2 atom stereocenters. The fraction of sp³-hybridized carbons (Fsp3) is 0.158. The Hall–Kier alpha value is -2.28. The maximum atomic E-state index is 11.7. The largest absolute Gasteiger partial charge is 0.458 e. The van der Waals surface area contributed by atoms with Gasteiger partial charge in [-0.3, -0.25) is 14.9 Å². The van der Waals surface area contributed by atoms with Gasteiger partial charge in [-0.1, -0.05) is 41.6 Å². The predicted molar refractivity (Wildman–Crippen MR) is 100 cm³/mol. The smallest absolute Gasteiger partial charge is 0.286 e. The summed E-state index contributed by atoms with van der Waals surface area (Å²) in [5.74, 6) is 0.159. The summed E-state index contributed by atoms with van der Waals surface area (Å²) in [6.07, 6.45) is -0.464. The molecule has 1 aliphatic rings. The van der Waals surface area contributed by atoms with Gasteiger partial charge in [-0.25, -0.2) is 0 Å². The number of carbonyl (C=O) groups is 2. The van der Waals surface area contributed by atoms with Crippen molar-refractivity contribution in [1.82, 2.24) is 5.32 Å². The van der Waals surface area contributed by atoms with Crippen molar-refractivity contribution in [2.24, 2.45) is 0 Å². The van der Waals surface area contributed by atoms with Gasteiger partial charge in [-0.15, -0.1) is 0 Å². The van der Waals surface area contributed by atoms with Gasteiger partial charge in [0, 0.05) is 10.4 Å². The summed E-state index contributed by atoms with van der Waals surface area (Å²) < 4.78 is 5.76. The zero-order valence-corrected chi connectivity index (χ0v) is 15.0. The molecule has 2 heterocycles. The fourth-order valence-electron chi connectivity index (χ4n) is 2.96. The molecule has 0 saturated carbocycles. The lowest BCUT2D eigenvalue weighted by Crippen LogP contribution is -2.25. The van der Waals surface area contributed by atoms with Crippen molar-refractivity contribution in [3.8, 4) is 0 Å². The highest BCUT2D eigenvalue weighted by Crippen LogP contribution is 2.31. The maximum absolute atomic E-state index is 11.7. The number of thioether (sulfide) groups is 1. The Morgan fingerprint density at radius 2 is 2.04 bits per heavy atom. The third-order valence-electron chi connectivity index (χ3n) is 4.22. The molecule has 2 unspecified atom stereocenters. The second-order valence-electron chi connectivity index (χ2n) is 6.07. The standard InChI is InChI=1S/C19H14ClNO4S/c20-13-3-1-2-11(8-13)17(22)15-9-12-6-10(4-5-14(12)25-15)7-16-18(23)21-19(24)26-16/h1-6,8-9,16-17,22H,7H2,(H,21,23,24). The van der Waals surface area contributed by atoms with E-state index in [0.717, 1.165) is 22.7 Å². The minimum Gasteiger partial charge on any atom is -0.458 e. The number of benzene rings is 2. The predicted octanol–water partition coefficient (Wildman–Crippen LogP) is 4.06. The van der Waals surface area contributed by atoms with Gasteiger partial charge in [0.2, 0.25) is 5.91 Å². The van der Waals surface area contributed by atoms with E-state index in [1.165, 1.54) is 0 Å². The Labute approximate surface area is 158 Å². The Balaban J connectivity index is 1.59. The molecule has 1 aromatic heterocycles. The van der Waals surface area contributed by atoms with Crippen LogP contribution in [0.3, 0.4) is 0 Å². The van der Waals surface area contributed by atoms with E-state index < -0.39 is 11.4 Å². The minimum absolute atomic E-state index is 0.260. The molecule has 2 N–H and O–H groups in total. The summed E-state index contributed by atoms with van der Waals surface area (Å²) in [6.45, 7) is 0. The molecule has 0 aliphatic carbocycles.